The first-order valence-electron chi connectivity index (χ1n) is 17.3. The van der Waals surface area contributed by atoms with Gasteiger partial charge in [0.1, 0.15) is 22.9 Å². The summed E-state index contributed by atoms with van der Waals surface area (Å²) >= 11 is 0. The number of aromatic nitrogens is 2. The van der Waals surface area contributed by atoms with Crippen LogP contribution in [0.5, 0.6) is 11.8 Å². The highest BCUT2D eigenvalue weighted by Crippen LogP contribution is 2.48. The number of nitrogens with zero attached hydrogens (tertiary/aromatic N) is 5. The van der Waals surface area contributed by atoms with E-state index in [0.29, 0.717) is 58.3 Å². The van der Waals surface area contributed by atoms with Crippen LogP contribution < -0.4 is 15.0 Å². The predicted octanol–water partition coefficient (Wildman–Crippen LogP) is 5.29. The molecule has 8 nitrogen and oxygen atoms in total. The molecule has 4 bridgehead atoms. The fraction of sp³-hybridized carbons (Fsp3) is 0.474. The summed E-state index contributed by atoms with van der Waals surface area (Å²) in [5.41, 5.74) is 0.686. The molecule has 10 rings (SSSR count). The number of rotatable bonds is 7. The number of phenolic OH excluding ortho intramolecular Hbond substituents is 1. The van der Waals surface area contributed by atoms with Gasteiger partial charge in [0.25, 0.3) is 0 Å². The van der Waals surface area contributed by atoms with Gasteiger partial charge in [0.15, 0.2) is 5.82 Å². The van der Waals surface area contributed by atoms with Gasteiger partial charge in [-0.15, -0.1) is 6.42 Å². The molecule has 248 valence electrons. The summed E-state index contributed by atoms with van der Waals surface area (Å²) < 4.78 is 38.3. The van der Waals surface area contributed by atoms with E-state index in [0.717, 1.165) is 58.4 Å². The number of ether oxygens (including phenoxy) is 1. The number of halogens is 2. The van der Waals surface area contributed by atoms with Crippen LogP contribution in [0.4, 0.5) is 14.6 Å². The summed E-state index contributed by atoms with van der Waals surface area (Å²) in [7, 11) is 2.24. The second kappa shape index (κ2) is 11.3. The van der Waals surface area contributed by atoms with Crippen LogP contribution >= 0.6 is 0 Å². The highest BCUT2D eigenvalue weighted by molar-refractivity contribution is 6.04. The van der Waals surface area contributed by atoms with Gasteiger partial charge in [-0.1, -0.05) is 18.1 Å². The molecule has 5 aliphatic heterocycles. The molecule has 6 fully saturated rings. The fourth-order valence-corrected chi connectivity index (χ4v) is 8.88. The summed E-state index contributed by atoms with van der Waals surface area (Å²) in [6, 6.07) is 11.3. The minimum Gasteiger partial charge on any atom is -0.508 e. The molecule has 1 saturated carbocycles. The number of likely N-dealkylation sites (N-methyl/N-ethyl adjacent to an activating group) is 1. The van der Waals surface area contributed by atoms with E-state index in [9.17, 15) is 9.50 Å². The lowest BCUT2D eigenvalue weighted by Gasteiger charge is -2.51. The van der Waals surface area contributed by atoms with E-state index in [-0.39, 0.29) is 33.8 Å². The molecule has 0 amide bonds. The Hall–Kier alpha value is -4.04. The lowest BCUT2D eigenvalue weighted by Crippen LogP contribution is -2.62. The molecule has 2 N–H and O–H groups in total. The number of aromatic hydroxyl groups is 1. The van der Waals surface area contributed by atoms with Crippen LogP contribution in [0.15, 0.2) is 36.4 Å². The highest BCUT2D eigenvalue weighted by atomic mass is 19.1. The Bertz CT molecular complexity index is 1980. The molecule has 1 aromatic heterocycles. The quantitative estimate of drug-likeness (QED) is 0.262. The number of hydrogen-bond acceptors (Lipinski definition) is 8. The number of hydrogen-bond donors (Lipinski definition) is 2. The Balaban J connectivity index is 1.10. The zero-order valence-electron chi connectivity index (χ0n) is 27.2. The second-order valence-electron chi connectivity index (χ2n) is 14.9. The first-order valence-corrected chi connectivity index (χ1v) is 17.3. The van der Waals surface area contributed by atoms with Crippen LogP contribution in [0.25, 0.3) is 32.8 Å². The maximum absolute atomic E-state index is 16.9. The zero-order chi connectivity index (χ0) is 32.7. The number of anilines is 1. The van der Waals surface area contributed by atoms with Crippen LogP contribution in [0.2, 0.25) is 0 Å². The molecule has 10 heteroatoms. The van der Waals surface area contributed by atoms with E-state index in [1.807, 2.05) is 6.07 Å². The summed E-state index contributed by atoms with van der Waals surface area (Å²) in [5.74, 6) is 1.86. The van der Waals surface area contributed by atoms with Gasteiger partial charge in [-0.2, -0.15) is 9.97 Å². The van der Waals surface area contributed by atoms with Crippen LogP contribution in [-0.2, 0) is 0 Å². The third-order valence-corrected chi connectivity index (χ3v) is 11.7. The largest absolute Gasteiger partial charge is 0.508 e. The minimum atomic E-state index is -0.590. The molecule has 4 unspecified atom stereocenters. The molecule has 6 heterocycles. The molecule has 3 aromatic carbocycles. The molecule has 6 aliphatic rings. The average Bonchev–Trinajstić information content (AvgIpc) is 3.77. The van der Waals surface area contributed by atoms with Crippen LogP contribution in [-0.4, -0.2) is 95.4 Å². The van der Waals surface area contributed by atoms with Gasteiger partial charge in [-0.05, 0) is 80.8 Å². The molecular formula is C38H40F2N6O2. The van der Waals surface area contributed by atoms with Crippen molar-refractivity contribution in [2.24, 2.45) is 5.41 Å². The van der Waals surface area contributed by atoms with Gasteiger partial charge in [0.05, 0.1) is 12.2 Å². The summed E-state index contributed by atoms with van der Waals surface area (Å²) in [6.07, 6.45) is 12.6. The van der Waals surface area contributed by atoms with Gasteiger partial charge in [-0.3, -0.25) is 4.90 Å². The Labute approximate surface area is 279 Å². The fourth-order valence-electron chi connectivity index (χ4n) is 8.88. The number of nitrogens with one attached hydrogen (secondary N) is 1. The van der Waals surface area contributed by atoms with E-state index >= 15 is 4.39 Å². The third kappa shape index (κ3) is 5.06. The predicted molar refractivity (Wildman–Crippen MR) is 182 cm³/mol. The van der Waals surface area contributed by atoms with Crippen LogP contribution in [0, 0.1) is 29.4 Å². The topological polar surface area (TPSA) is 77.0 Å². The molecular weight excluding hydrogens is 610 g/mol. The smallest absolute Gasteiger partial charge is 0.319 e. The normalized spacial score (nSPS) is 26.3. The maximum atomic E-state index is 16.9. The first-order chi connectivity index (χ1) is 23.3. The number of piperazine rings is 2. The summed E-state index contributed by atoms with van der Waals surface area (Å²) in [5, 5.41) is 15.8. The van der Waals surface area contributed by atoms with Crippen molar-refractivity contribution in [3.05, 3.63) is 53.6 Å². The van der Waals surface area contributed by atoms with Crippen LogP contribution in [0.3, 0.4) is 0 Å². The van der Waals surface area contributed by atoms with E-state index in [1.165, 1.54) is 31.0 Å². The lowest BCUT2D eigenvalue weighted by atomic mass is 9.90. The van der Waals surface area contributed by atoms with Crippen molar-refractivity contribution in [3.63, 3.8) is 0 Å². The number of piperidine rings is 2. The number of fused-ring (bicyclic) bond motifs is 7. The minimum absolute atomic E-state index is 0.0222. The second-order valence-corrected chi connectivity index (χ2v) is 14.9. The Kier molecular flexibility index (Phi) is 7.05. The van der Waals surface area contributed by atoms with Crippen molar-refractivity contribution >= 4 is 27.5 Å². The Morgan fingerprint density at radius 1 is 0.979 bits per heavy atom. The highest BCUT2D eigenvalue weighted by Gasteiger charge is 2.48. The van der Waals surface area contributed by atoms with Crippen molar-refractivity contribution in [2.75, 3.05) is 51.3 Å². The first kappa shape index (κ1) is 30.1. The maximum Gasteiger partial charge on any atom is 0.319 e. The SMILES string of the molecule is C#Cc1c(F)ccc2cc(O)cc(-c3ccc4c(N5CC6CCC(C5)N6)nc(OCC5(CN6CC7CCC6CN7C)CC5)nc4c3F)c12. The number of benzene rings is 3. The van der Waals surface area contributed by atoms with E-state index in [2.05, 4.69) is 33.0 Å². The molecule has 0 radical (unpaired) electrons. The Morgan fingerprint density at radius 3 is 2.48 bits per heavy atom. The third-order valence-electron chi connectivity index (χ3n) is 11.7. The van der Waals surface area contributed by atoms with Gasteiger partial charge in [0.2, 0.25) is 0 Å². The molecule has 4 atom stereocenters. The van der Waals surface area contributed by atoms with Crippen molar-refractivity contribution in [1.29, 1.82) is 0 Å². The van der Waals surface area contributed by atoms with Gasteiger partial charge < -0.3 is 25.0 Å². The van der Waals surface area contributed by atoms with E-state index < -0.39 is 11.6 Å². The standard InChI is InChI=1S/C38H40F2N6O2/c1-3-28-32(39)11-4-22-14-27(47)15-31(33(22)28)29-9-10-30-35(34(29)40)42-37(43-36(30)45-16-23-5-6-24(17-45)41-23)48-21-38(12-13-38)20-46-19-25-7-8-26(46)18-44(25)2/h1,4,9-11,14-15,23-26,41,47H,5-8,12-13,16-21H2,2H3. The van der Waals surface area contributed by atoms with E-state index in [4.69, 9.17) is 21.1 Å². The molecule has 5 saturated heterocycles. The van der Waals surface area contributed by atoms with Crippen molar-refractivity contribution < 1.29 is 18.6 Å². The molecule has 1 aliphatic carbocycles. The summed E-state index contributed by atoms with van der Waals surface area (Å²) in [6.45, 7) is 5.25. The number of terminal acetylenes is 1. The van der Waals surface area contributed by atoms with Gasteiger partial charge in [0, 0.05) is 78.6 Å². The van der Waals surface area contributed by atoms with Gasteiger partial charge >= 0.3 is 6.01 Å². The number of phenols is 1. The van der Waals surface area contributed by atoms with Crippen molar-refractivity contribution in [3.8, 4) is 35.2 Å². The average molecular weight is 651 g/mol. The zero-order valence-corrected chi connectivity index (χ0v) is 27.2. The monoisotopic (exact) mass is 650 g/mol. The molecule has 4 aromatic rings. The van der Waals surface area contributed by atoms with Crippen molar-refractivity contribution in [1.82, 2.24) is 25.1 Å². The Morgan fingerprint density at radius 2 is 1.77 bits per heavy atom. The van der Waals surface area contributed by atoms with Gasteiger partial charge in [-0.25, -0.2) is 8.78 Å². The molecule has 0 spiro atoms. The van der Waals surface area contributed by atoms with E-state index in [1.54, 1.807) is 12.1 Å². The van der Waals surface area contributed by atoms with Crippen molar-refractivity contribution in [2.45, 2.75) is 62.7 Å². The molecule has 48 heavy (non-hydrogen) atoms. The van der Waals surface area contributed by atoms with Crippen LogP contribution in [0.1, 0.15) is 44.1 Å². The lowest BCUT2D eigenvalue weighted by molar-refractivity contribution is -0.0211. The summed E-state index contributed by atoms with van der Waals surface area (Å²) in [4.78, 5) is 17.1.